The predicted molar refractivity (Wildman–Crippen MR) is 48.7 cm³/mol. The quantitative estimate of drug-likeness (QED) is 0.607. The molecule has 1 aromatic carbocycles. The number of hydrogen-bond donors (Lipinski definition) is 1. The third-order valence-electron chi connectivity index (χ3n) is 1.37. The van der Waals surface area contributed by atoms with Crippen LogP contribution >= 0.6 is 0 Å². The van der Waals surface area contributed by atoms with Crippen LogP contribution in [0.5, 0.6) is 0 Å². The van der Waals surface area contributed by atoms with Crippen molar-refractivity contribution >= 4 is 20.0 Å². The van der Waals surface area contributed by atoms with Crippen molar-refractivity contribution in [2.24, 2.45) is 0 Å². The molecule has 0 aliphatic rings. The molecule has 0 aliphatic carbocycles. The normalized spacial score (nSPS) is 14.5. The fourth-order valence-corrected chi connectivity index (χ4v) is 2.13. The van der Waals surface area contributed by atoms with E-state index in [4.69, 9.17) is 4.55 Å². The van der Waals surface area contributed by atoms with Gasteiger partial charge in [-0.3, -0.25) is 0 Å². The molecular weight excluding hydrogens is 219 g/mol. The number of rotatable bonds is 1. The van der Waals surface area contributed by atoms with Gasteiger partial charge >= 0.3 is 51.4 Å². The zero-order chi connectivity index (χ0) is 8.48. The topological polar surface area (TPSA) is 37.3 Å². The Bertz CT molecular complexity index is 365. The molecular formula is C7H9KO2S2. The third-order valence-corrected chi connectivity index (χ3v) is 2.92. The SMILES string of the molecule is Cc1ccccc1S(=O)(O)=S.[H-].[K+]. The van der Waals surface area contributed by atoms with Gasteiger partial charge in [-0.1, -0.05) is 18.2 Å². The van der Waals surface area contributed by atoms with E-state index >= 15 is 0 Å². The molecule has 0 spiro atoms. The predicted octanol–water partition coefficient (Wildman–Crippen LogP) is -1.31. The Labute approximate surface area is 121 Å². The summed E-state index contributed by atoms with van der Waals surface area (Å²) in [7, 11) is -3.20. The van der Waals surface area contributed by atoms with Gasteiger partial charge in [0.15, 0.2) is 8.77 Å². The Balaban J connectivity index is 0. The molecule has 1 N–H and O–H groups in total. The number of aryl methyl sites for hydroxylation is 1. The Kier molecular flexibility index (Phi) is 5.67. The molecule has 1 aromatic rings. The van der Waals surface area contributed by atoms with E-state index < -0.39 is 8.77 Å². The van der Waals surface area contributed by atoms with Gasteiger partial charge in [0.25, 0.3) is 0 Å². The van der Waals surface area contributed by atoms with Crippen molar-refractivity contribution in [3.05, 3.63) is 29.8 Å². The van der Waals surface area contributed by atoms with Crippen LogP contribution < -0.4 is 51.4 Å². The summed E-state index contributed by atoms with van der Waals surface area (Å²) in [6, 6.07) is 6.84. The largest absolute Gasteiger partial charge is 1.00 e. The summed E-state index contributed by atoms with van der Waals surface area (Å²) in [5.74, 6) is 0. The summed E-state index contributed by atoms with van der Waals surface area (Å²) in [5.41, 5.74) is 0.759. The minimum absolute atomic E-state index is 0. The van der Waals surface area contributed by atoms with Crippen LogP contribution in [0.25, 0.3) is 0 Å². The van der Waals surface area contributed by atoms with E-state index in [1.54, 1.807) is 31.2 Å². The average Bonchev–Trinajstić information content (AvgIpc) is 1.86. The van der Waals surface area contributed by atoms with Gasteiger partial charge < -0.3 is 5.98 Å². The molecule has 12 heavy (non-hydrogen) atoms. The summed E-state index contributed by atoms with van der Waals surface area (Å²) in [4.78, 5) is 0.343. The molecule has 0 aliphatic heterocycles. The van der Waals surface area contributed by atoms with Gasteiger partial charge in [-0.15, -0.1) is 0 Å². The second-order valence-corrected chi connectivity index (χ2v) is 4.99. The molecule has 62 valence electrons. The minimum Gasteiger partial charge on any atom is -1.00 e. The first-order valence-corrected chi connectivity index (χ1v) is 5.49. The molecule has 1 atom stereocenters. The van der Waals surface area contributed by atoms with E-state index in [0.717, 1.165) is 5.56 Å². The summed E-state index contributed by atoms with van der Waals surface area (Å²) in [6.07, 6.45) is 0. The summed E-state index contributed by atoms with van der Waals surface area (Å²) >= 11 is 4.42. The van der Waals surface area contributed by atoms with Crippen LogP contribution in [-0.4, -0.2) is 8.76 Å². The Morgan fingerprint density at radius 2 is 2.00 bits per heavy atom. The minimum atomic E-state index is -3.20. The summed E-state index contributed by atoms with van der Waals surface area (Å²) < 4.78 is 20.0. The molecule has 0 amide bonds. The number of benzene rings is 1. The van der Waals surface area contributed by atoms with E-state index in [1.165, 1.54) is 0 Å². The van der Waals surface area contributed by atoms with E-state index in [0.29, 0.717) is 4.90 Å². The van der Waals surface area contributed by atoms with E-state index in [1.807, 2.05) is 0 Å². The number of hydrogen-bond acceptors (Lipinski definition) is 2. The van der Waals surface area contributed by atoms with Gasteiger partial charge in [0.2, 0.25) is 0 Å². The van der Waals surface area contributed by atoms with Crippen LogP contribution in [0.3, 0.4) is 0 Å². The van der Waals surface area contributed by atoms with Crippen LogP contribution in [0.2, 0.25) is 0 Å². The molecule has 2 nitrogen and oxygen atoms in total. The maximum Gasteiger partial charge on any atom is 1.00 e. The van der Waals surface area contributed by atoms with E-state index in [-0.39, 0.29) is 52.8 Å². The third kappa shape index (κ3) is 3.51. The van der Waals surface area contributed by atoms with Gasteiger partial charge in [0.1, 0.15) is 0 Å². The van der Waals surface area contributed by atoms with Gasteiger partial charge in [-0.25, -0.2) is 4.21 Å². The molecule has 0 radical (unpaired) electrons. The van der Waals surface area contributed by atoms with Gasteiger partial charge in [-0.05, 0) is 18.6 Å². The van der Waals surface area contributed by atoms with Crippen molar-refractivity contribution in [3.63, 3.8) is 0 Å². The first-order chi connectivity index (χ1) is 5.02. The standard InChI is InChI=1S/C7H8O2S2.K.H/c1-6-4-2-3-5-7(6)11(8,9)10;;/h2-5H,1H3,(H,8,9,10);;/q;+1;-1. The average molecular weight is 228 g/mol. The van der Waals surface area contributed by atoms with Gasteiger partial charge in [-0.2, -0.15) is 0 Å². The zero-order valence-electron chi connectivity index (χ0n) is 7.98. The summed E-state index contributed by atoms with van der Waals surface area (Å²) in [5, 5.41) is 0. The van der Waals surface area contributed by atoms with Gasteiger partial charge in [0.05, 0.1) is 4.90 Å². The van der Waals surface area contributed by atoms with Gasteiger partial charge in [0, 0.05) is 11.2 Å². The van der Waals surface area contributed by atoms with Crippen LogP contribution in [0.15, 0.2) is 29.2 Å². The van der Waals surface area contributed by atoms with Crippen LogP contribution in [-0.2, 0) is 20.0 Å². The summed E-state index contributed by atoms with van der Waals surface area (Å²) in [6.45, 7) is 1.76. The molecule has 1 unspecified atom stereocenters. The second kappa shape index (κ2) is 5.16. The Morgan fingerprint density at radius 1 is 1.50 bits per heavy atom. The molecule has 0 heterocycles. The first kappa shape index (κ1) is 13.2. The second-order valence-electron chi connectivity index (χ2n) is 2.24. The molecule has 0 bridgehead atoms. The smallest absolute Gasteiger partial charge is 1.00 e. The van der Waals surface area contributed by atoms with Crippen LogP contribution in [0.4, 0.5) is 0 Å². The van der Waals surface area contributed by atoms with Crippen molar-refractivity contribution < 1.29 is 61.6 Å². The zero-order valence-corrected chi connectivity index (χ0v) is 11.7. The maximum absolute atomic E-state index is 11.0. The van der Waals surface area contributed by atoms with Crippen molar-refractivity contribution in [1.29, 1.82) is 0 Å². The van der Waals surface area contributed by atoms with Crippen molar-refractivity contribution in [2.45, 2.75) is 11.8 Å². The fourth-order valence-electron chi connectivity index (χ4n) is 0.846. The van der Waals surface area contributed by atoms with Crippen LogP contribution in [0, 0.1) is 6.92 Å². The van der Waals surface area contributed by atoms with Crippen molar-refractivity contribution in [3.8, 4) is 0 Å². The van der Waals surface area contributed by atoms with Crippen LogP contribution in [0.1, 0.15) is 6.99 Å². The maximum atomic E-state index is 11.0. The monoisotopic (exact) mass is 228 g/mol. The van der Waals surface area contributed by atoms with Crippen molar-refractivity contribution in [2.75, 3.05) is 0 Å². The van der Waals surface area contributed by atoms with Crippen molar-refractivity contribution in [1.82, 2.24) is 0 Å². The fraction of sp³-hybridized carbons (Fsp3) is 0.143. The molecule has 5 heteroatoms. The Morgan fingerprint density at radius 3 is 2.33 bits per heavy atom. The molecule has 1 rings (SSSR count). The molecule has 0 saturated heterocycles. The molecule has 0 aromatic heterocycles. The van der Waals surface area contributed by atoms with E-state index in [9.17, 15) is 4.21 Å². The Hall–Kier alpha value is 1.19. The molecule has 0 fully saturated rings. The first-order valence-electron chi connectivity index (χ1n) is 3.05. The van der Waals surface area contributed by atoms with E-state index in [2.05, 4.69) is 11.2 Å². The molecule has 0 saturated carbocycles.